The molecule has 1 aromatic carbocycles. The quantitative estimate of drug-likeness (QED) is 0.649. The summed E-state index contributed by atoms with van der Waals surface area (Å²) in [6, 6.07) is 6.57. The molecule has 2 aromatic rings. The Morgan fingerprint density at radius 3 is 3.06 bits per heavy atom. The summed E-state index contributed by atoms with van der Waals surface area (Å²) in [5.41, 5.74) is 0.961. The Morgan fingerprint density at radius 2 is 2.33 bits per heavy atom. The first-order chi connectivity index (χ1) is 8.70. The third kappa shape index (κ3) is 2.65. The summed E-state index contributed by atoms with van der Waals surface area (Å²) in [6.45, 7) is 3.37. The Hall–Kier alpha value is -2.37. The Labute approximate surface area is 104 Å². The first kappa shape index (κ1) is 12.1. The van der Waals surface area contributed by atoms with Crippen LogP contribution in [0.3, 0.4) is 0 Å². The lowest BCUT2D eigenvalue weighted by molar-refractivity contribution is -0.384. The lowest BCUT2D eigenvalue weighted by Gasteiger charge is -2.07. The third-order valence-electron chi connectivity index (χ3n) is 2.63. The molecule has 0 unspecified atom stereocenters. The van der Waals surface area contributed by atoms with E-state index in [4.69, 9.17) is 0 Å². The number of aromatic nitrogens is 2. The number of aryl methyl sites for hydroxylation is 1. The van der Waals surface area contributed by atoms with Crippen molar-refractivity contribution in [2.24, 2.45) is 0 Å². The van der Waals surface area contributed by atoms with Crippen molar-refractivity contribution in [1.29, 1.82) is 0 Å². The maximum atomic E-state index is 10.7. The molecule has 0 radical (unpaired) electrons. The van der Waals surface area contributed by atoms with Gasteiger partial charge in [-0.1, -0.05) is 12.1 Å². The SMILES string of the molecule is CCn1ccnc1NCc1cccc([N+](=O)[O-])c1. The molecule has 6 heteroatoms. The minimum absolute atomic E-state index is 0.105. The minimum atomic E-state index is -0.392. The van der Waals surface area contributed by atoms with Crippen LogP contribution in [0, 0.1) is 10.1 Å². The summed E-state index contributed by atoms with van der Waals surface area (Å²) in [7, 11) is 0. The molecule has 2 rings (SSSR count). The first-order valence-corrected chi connectivity index (χ1v) is 5.69. The van der Waals surface area contributed by atoms with E-state index < -0.39 is 4.92 Å². The summed E-state index contributed by atoms with van der Waals surface area (Å²) in [4.78, 5) is 14.4. The minimum Gasteiger partial charge on any atom is -0.352 e. The molecule has 0 atom stereocenters. The topological polar surface area (TPSA) is 73.0 Å². The second-order valence-corrected chi connectivity index (χ2v) is 3.82. The molecule has 6 nitrogen and oxygen atoms in total. The average Bonchev–Trinajstić information content (AvgIpc) is 2.84. The molecular weight excluding hydrogens is 232 g/mol. The van der Waals surface area contributed by atoms with E-state index >= 15 is 0 Å². The number of rotatable bonds is 5. The number of anilines is 1. The Morgan fingerprint density at radius 1 is 1.50 bits per heavy atom. The van der Waals surface area contributed by atoms with Gasteiger partial charge in [0.15, 0.2) is 0 Å². The standard InChI is InChI=1S/C12H14N4O2/c1-2-15-7-6-13-12(15)14-9-10-4-3-5-11(8-10)16(17)18/h3-8H,2,9H2,1H3,(H,13,14). The van der Waals surface area contributed by atoms with Crippen LogP contribution in [0.2, 0.25) is 0 Å². The molecule has 0 saturated heterocycles. The maximum Gasteiger partial charge on any atom is 0.269 e. The fraction of sp³-hybridized carbons (Fsp3) is 0.250. The number of hydrogen-bond donors (Lipinski definition) is 1. The number of nitro groups is 1. The fourth-order valence-corrected chi connectivity index (χ4v) is 1.69. The smallest absolute Gasteiger partial charge is 0.269 e. The highest BCUT2D eigenvalue weighted by molar-refractivity contribution is 5.36. The van der Waals surface area contributed by atoms with Crippen LogP contribution in [0.1, 0.15) is 12.5 Å². The van der Waals surface area contributed by atoms with Gasteiger partial charge in [-0.15, -0.1) is 0 Å². The Balaban J connectivity index is 2.06. The van der Waals surface area contributed by atoms with Gasteiger partial charge in [-0.3, -0.25) is 10.1 Å². The van der Waals surface area contributed by atoms with Crippen molar-refractivity contribution in [3.63, 3.8) is 0 Å². The van der Waals surface area contributed by atoms with Crippen molar-refractivity contribution in [3.8, 4) is 0 Å². The zero-order chi connectivity index (χ0) is 13.0. The van der Waals surface area contributed by atoms with Crippen molar-refractivity contribution in [2.75, 3.05) is 5.32 Å². The Kier molecular flexibility index (Phi) is 3.57. The van der Waals surface area contributed by atoms with Crippen LogP contribution < -0.4 is 5.32 Å². The normalized spacial score (nSPS) is 10.3. The van der Waals surface area contributed by atoms with Crippen molar-refractivity contribution in [1.82, 2.24) is 9.55 Å². The molecule has 0 aliphatic heterocycles. The molecule has 1 heterocycles. The number of nitro benzene ring substituents is 1. The van der Waals surface area contributed by atoms with Gasteiger partial charge in [-0.2, -0.15) is 0 Å². The van der Waals surface area contributed by atoms with Gasteiger partial charge in [0.05, 0.1) is 4.92 Å². The van der Waals surface area contributed by atoms with Crippen LogP contribution in [0.25, 0.3) is 0 Å². The van der Waals surface area contributed by atoms with Crippen molar-refractivity contribution in [3.05, 3.63) is 52.3 Å². The molecule has 0 spiro atoms. The fourth-order valence-electron chi connectivity index (χ4n) is 1.69. The maximum absolute atomic E-state index is 10.7. The molecule has 0 bridgehead atoms. The summed E-state index contributed by atoms with van der Waals surface area (Å²) in [6.07, 6.45) is 3.61. The summed E-state index contributed by atoms with van der Waals surface area (Å²) in [5, 5.41) is 13.8. The van der Waals surface area contributed by atoms with Crippen LogP contribution >= 0.6 is 0 Å². The van der Waals surface area contributed by atoms with Gasteiger partial charge in [0.1, 0.15) is 0 Å². The molecule has 0 aliphatic rings. The third-order valence-corrected chi connectivity index (χ3v) is 2.63. The summed E-state index contributed by atoms with van der Waals surface area (Å²) >= 11 is 0. The molecule has 1 aromatic heterocycles. The van der Waals surface area contributed by atoms with Gasteiger partial charge in [0.2, 0.25) is 5.95 Å². The number of benzene rings is 1. The van der Waals surface area contributed by atoms with E-state index in [0.29, 0.717) is 6.54 Å². The van der Waals surface area contributed by atoms with Crippen LogP contribution in [0.15, 0.2) is 36.7 Å². The summed E-state index contributed by atoms with van der Waals surface area (Å²) in [5.74, 6) is 0.768. The van der Waals surface area contributed by atoms with Crippen molar-refractivity contribution < 1.29 is 4.92 Å². The highest BCUT2D eigenvalue weighted by Crippen LogP contribution is 2.14. The van der Waals surface area contributed by atoms with Crippen LogP contribution in [-0.2, 0) is 13.1 Å². The lowest BCUT2D eigenvalue weighted by atomic mass is 10.2. The second kappa shape index (κ2) is 5.31. The van der Waals surface area contributed by atoms with E-state index in [9.17, 15) is 10.1 Å². The van der Waals surface area contributed by atoms with E-state index in [1.807, 2.05) is 23.8 Å². The van der Waals surface area contributed by atoms with Crippen LogP contribution in [0.4, 0.5) is 11.6 Å². The number of hydrogen-bond acceptors (Lipinski definition) is 4. The number of non-ortho nitro benzene ring substituents is 1. The van der Waals surface area contributed by atoms with E-state index in [1.54, 1.807) is 18.3 Å². The Bertz CT molecular complexity index is 551. The molecule has 1 N–H and O–H groups in total. The van der Waals surface area contributed by atoms with Crippen LogP contribution in [0.5, 0.6) is 0 Å². The zero-order valence-electron chi connectivity index (χ0n) is 10.0. The highest BCUT2D eigenvalue weighted by atomic mass is 16.6. The predicted octanol–water partition coefficient (Wildman–Crippen LogP) is 2.42. The first-order valence-electron chi connectivity index (χ1n) is 5.69. The van der Waals surface area contributed by atoms with E-state index in [2.05, 4.69) is 10.3 Å². The molecule has 0 amide bonds. The molecular formula is C12H14N4O2. The lowest BCUT2D eigenvalue weighted by Crippen LogP contribution is -2.06. The molecule has 18 heavy (non-hydrogen) atoms. The van der Waals surface area contributed by atoms with Gasteiger partial charge < -0.3 is 9.88 Å². The number of nitrogens with one attached hydrogen (secondary N) is 1. The van der Waals surface area contributed by atoms with Gasteiger partial charge in [0.25, 0.3) is 5.69 Å². The second-order valence-electron chi connectivity index (χ2n) is 3.82. The monoisotopic (exact) mass is 246 g/mol. The highest BCUT2D eigenvalue weighted by Gasteiger charge is 2.06. The zero-order valence-corrected chi connectivity index (χ0v) is 10.0. The van der Waals surface area contributed by atoms with Gasteiger partial charge >= 0.3 is 0 Å². The largest absolute Gasteiger partial charge is 0.352 e. The van der Waals surface area contributed by atoms with E-state index in [0.717, 1.165) is 18.1 Å². The van der Waals surface area contributed by atoms with E-state index in [1.165, 1.54) is 6.07 Å². The summed E-state index contributed by atoms with van der Waals surface area (Å²) < 4.78 is 1.97. The average molecular weight is 246 g/mol. The molecule has 0 saturated carbocycles. The van der Waals surface area contributed by atoms with Crippen LogP contribution in [-0.4, -0.2) is 14.5 Å². The van der Waals surface area contributed by atoms with E-state index in [-0.39, 0.29) is 5.69 Å². The predicted molar refractivity (Wildman–Crippen MR) is 68.3 cm³/mol. The molecule has 94 valence electrons. The van der Waals surface area contributed by atoms with Gasteiger partial charge in [-0.25, -0.2) is 4.98 Å². The number of nitrogens with zero attached hydrogens (tertiary/aromatic N) is 3. The van der Waals surface area contributed by atoms with Crippen molar-refractivity contribution in [2.45, 2.75) is 20.0 Å². The molecule has 0 aliphatic carbocycles. The van der Waals surface area contributed by atoms with Gasteiger partial charge in [0, 0.05) is 37.6 Å². The molecule has 0 fully saturated rings. The number of imidazole rings is 1. The van der Waals surface area contributed by atoms with Gasteiger partial charge in [-0.05, 0) is 12.5 Å². The van der Waals surface area contributed by atoms with Crippen molar-refractivity contribution >= 4 is 11.6 Å².